The number of aromatic amines is 1. The van der Waals surface area contributed by atoms with Crippen LogP contribution in [0.1, 0.15) is 62.0 Å². The maximum atomic E-state index is 11.6. The number of hydrogen-bond donors (Lipinski definition) is 1. The second kappa shape index (κ2) is 5.60. The number of nitrogens with one attached hydrogen (secondary N) is 1. The maximum absolute atomic E-state index is 11.6. The van der Waals surface area contributed by atoms with E-state index in [-0.39, 0.29) is 5.54 Å². The molecule has 1 aliphatic carbocycles. The zero-order valence-corrected chi connectivity index (χ0v) is 16.3. The highest BCUT2D eigenvalue weighted by Crippen LogP contribution is 2.55. The smallest absolute Gasteiger partial charge is 0.375 e. The third-order valence-corrected chi connectivity index (χ3v) is 7.29. The molecule has 2 saturated heterocycles. The summed E-state index contributed by atoms with van der Waals surface area (Å²) in [5, 5.41) is 5.30. The van der Waals surface area contributed by atoms with Gasteiger partial charge in [0.1, 0.15) is 5.54 Å². The molecular weight excluding hydrogens is 354 g/mol. The molecule has 1 saturated carbocycles. The number of benzene rings is 1. The predicted octanol–water partition coefficient (Wildman–Crippen LogP) is 3.83. The molecular formula is C22H25N3O3. The minimum absolute atomic E-state index is 0.308. The summed E-state index contributed by atoms with van der Waals surface area (Å²) in [7, 11) is 0. The monoisotopic (exact) mass is 379 g/mol. The molecule has 0 spiro atoms. The molecule has 0 amide bonds. The Kier molecular flexibility index (Phi) is 3.32. The SMILES string of the molecule is Cc1cc2cc(C3CC4CCC(C3)O4)ccc2n1C1(c2noc(=O)[nH]2)CC1C. The minimum Gasteiger partial charge on any atom is -0.375 e. The lowest BCUT2D eigenvalue weighted by Gasteiger charge is -2.28. The van der Waals surface area contributed by atoms with Crippen LogP contribution in [-0.2, 0) is 10.3 Å². The van der Waals surface area contributed by atoms with Crippen LogP contribution in [0.3, 0.4) is 0 Å². The van der Waals surface area contributed by atoms with Crippen LogP contribution in [-0.4, -0.2) is 26.9 Å². The molecule has 28 heavy (non-hydrogen) atoms. The first-order valence-electron chi connectivity index (χ1n) is 10.4. The van der Waals surface area contributed by atoms with E-state index < -0.39 is 5.76 Å². The Bertz CT molecular complexity index is 1110. The predicted molar refractivity (Wildman–Crippen MR) is 105 cm³/mol. The molecule has 2 aliphatic heterocycles. The highest BCUT2D eigenvalue weighted by molar-refractivity contribution is 5.83. The molecule has 0 radical (unpaired) electrons. The fraction of sp³-hybridized carbons (Fsp3) is 0.545. The number of aromatic nitrogens is 3. The average Bonchev–Trinajstić information content (AvgIpc) is 3.01. The molecule has 6 heteroatoms. The first-order chi connectivity index (χ1) is 13.5. The van der Waals surface area contributed by atoms with Gasteiger partial charge in [0.2, 0.25) is 0 Å². The van der Waals surface area contributed by atoms with Crippen LogP contribution in [0.25, 0.3) is 10.9 Å². The standard InChI is InChI=1S/C22H25N3O3/c1-12-11-22(12,20-23-21(26)28-24-20)25-13(2)7-16-8-14(3-6-19(16)25)15-9-17-4-5-18(10-15)27-17/h3,6-8,12,15,17-18H,4-5,9-11H2,1-2H3,(H,23,24,26). The number of hydrogen-bond acceptors (Lipinski definition) is 4. The van der Waals surface area contributed by atoms with Crippen LogP contribution < -0.4 is 5.76 Å². The average molecular weight is 379 g/mol. The van der Waals surface area contributed by atoms with E-state index in [1.807, 2.05) is 0 Å². The van der Waals surface area contributed by atoms with Crippen LogP contribution in [0.5, 0.6) is 0 Å². The fourth-order valence-corrected chi connectivity index (χ4v) is 5.86. The lowest BCUT2D eigenvalue weighted by molar-refractivity contribution is -0.00378. The van der Waals surface area contributed by atoms with Gasteiger partial charge in [0.25, 0.3) is 0 Å². The third kappa shape index (κ3) is 2.24. The van der Waals surface area contributed by atoms with E-state index >= 15 is 0 Å². The number of nitrogens with zero attached hydrogens (tertiary/aromatic N) is 2. The molecule has 1 N–H and O–H groups in total. The Morgan fingerprint density at radius 3 is 2.61 bits per heavy atom. The van der Waals surface area contributed by atoms with Gasteiger partial charge in [0.15, 0.2) is 5.82 Å². The fourth-order valence-electron chi connectivity index (χ4n) is 5.86. The van der Waals surface area contributed by atoms with Crippen molar-refractivity contribution in [2.75, 3.05) is 0 Å². The van der Waals surface area contributed by atoms with Crippen molar-refractivity contribution in [3.8, 4) is 0 Å². The summed E-state index contributed by atoms with van der Waals surface area (Å²) in [6.07, 6.45) is 6.57. The van der Waals surface area contributed by atoms with Gasteiger partial charge in [0.05, 0.1) is 12.2 Å². The Balaban J connectivity index is 1.43. The molecule has 146 valence electrons. The highest BCUT2D eigenvalue weighted by Gasteiger charge is 2.58. The number of fused-ring (bicyclic) bond motifs is 3. The van der Waals surface area contributed by atoms with Crippen molar-refractivity contribution in [1.29, 1.82) is 0 Å². The minimum atomic E-state index is -0.487. The summed E-state index contributed by atoms with van der Waals surface area (Å²) in [6.45, 7) is 4.34. The summed E-state index contributed by atoms with van der Waals surface area (Å²) < 4.78 is 13.2. The van der Waals surface area contributed by atoms with Gasteiger partial charge in [-0.2, -0.15) is 0 Å². The number of H-pyrrole nitrogens is 1. The van der Waals surface area contributed by atoms with Gasteiger partial charge in [0, 0.05) is 16.6 Å². The van der Waals surface area contributed by atoms with Crippen LogP contribution >= 0.6 is 0 Å². The Hall–Kier alpha value is -2.34. The zero-order valence-electron chi connectivity index (χ0n) is 16.3. The highest BCUT2D eigenvalue weighted by atomic mass is 16.5. The second-order valence-electron chi connectivity index (χ2n) is 9.04. The first kappa shape index (κ1) is 16.6. The van der Waals surface area contributed by atoms with Gasteiger partial charge in [-0.15, -0.1) is 0 Å². The molecule has 6 nitrogen and oxygen atoms in total. The van der Waals surface area contributed by atoms with Crippen LogP contribution in [0.15, 0.2) is 33.6 Å². The molecule has 6 rings (SSSR count). The largest absolute Gasteiger partial charge is 0.438 e. The van der Waals surface area contributed by atoms with Crippen LogP contribution in [0, 0.1) is 12.8 Å². The Morgan fingerprint density at radius 1 is 1.21 bits per heavy atom. The van der Waals surface area contributed by atoms with E-state index in [9.17, 15) is 4.79 Å². The van der Waals surface area contributed by atoms with E-state index in [1.165, 1.54) is 35.0 Å². The Labute approximate surface area is 162 Å². The van der Waals surface area contributed by atoms with E-state index in [4.69, 9.17) is 9.26 Å². The van der Waals surface area contributed by atoms with Gasteiger partial charge >= 0.3 is 5.76 Å². The Morgan fingerprint density at radius 2 is 1.96 bits per heavy atom. The topological polar surface area (TPSA) is 73.0 Å². The number of ether oxygens (including phenoxy) is 1. The van der Waals surface area contributed by atoms with Crippen molar-refractivity contribution >= 4 is 10.9 Å². The molecule has 2 bridgehead atoms. The lowest BCUT2D eigenvalue weighted by atomic mass is 9.88. The maximum Gasteiger partial charge on any atom is 0.438 e. The molecule has 4 heterocycles. The van der Waals surface area contributed by atoms with Gasteiger partial charge in [-0.05, 0) is 74.6 Å². The van der Waals surface area contributed by atoms with Crippen LogP contribution in [0.2, 0.25) is 0 Å². The van der Waals surface area contributed by atoms with Gasteiger partial charge in [-0.1, -0.05) is 18.1 Å². The summed E-state index contributed by atoms with van der Waals surface area (Å²) >= 11 is 0. The summed E-state index contributed by atoms with van der Waals surface area (Å²) in [6, 6.07) is 9.16. The van der Waals surface area contributed by atoms with E-state index in [0.29, 0.717) is 29.9 Å². The summed E-state index contributed by atoms with van der Waals surface area (Å²) in [4.78, 5) is 14.4. The van der Waals surface area contributed by atoms with E-state index in [1.54, 1.807) is 0 Å². The normalized spacial score (nSPS) is 34.2. The lowest BCUT2D eigenvalue weighted by Crippen LogP contribution is -2.24. The number of rotatable bonds is 3. The second-order valence-corrected chi connectivity index (χ2v) is 9.04. The quantitative estimate of drug-likeness (QED) is 0.750. The summed E-state index contributed by atoms with van der Waals surface area (Å²) in [5.74, 6) is 1.14. The first-order valence-corrected chi connectivity index (χ1v) is 10.4. The van der Waals surface area contributed by atoms with Crippen molar-refractivity contribution in [3.63, 3.8) is 0 Å². The van der Waals surface area contributed by atoms with Gasteiger partial charge < -0.3 is 9.30 Å². The molecule has 3 fully saturated rings. The van der Waals surface area contributed by atoms with Crippen molar-refractivity contribution in [3.05, 3.63) is 51.9 Å². The van der Waals surface area contributed by atoms with Crippen molar-refractivity contribution in [1.82, 2.24) is 14.7 Å². The molecule has 2 aromatic heterocycles. The van der Waals surface area contributed by atoms with Crippen molar-refractivity contribution in [2.45, 2.75) is 69.6 Å². The van der Waals surface area contributed by atoms with Crippen molar-refractivity contribution < 1.29 is 9.26 Å². The zero-order chi connectivity index (χ0) is 19.0. The van der Waals surface area contributed by atoms with Gasteiger partial charge in [-0.25, -0.2) is 4.79 Å². The molecule has 1 aromatic carbocycles. The third-order valence-electron chi connectivity index (χ3n) is 7.29. The van der Waals surface area contributed by atoms with E-state index in [2.05, 4.69) is 52.8 Å². The molecule has 3 aliphatic rings. The number of aryl methyl sites for hydroxylation is 1. The molecule has 4 atom stereocenters. The molecule has 3 aromatic rings. The summed E-state index contributed by atoms with van der Waals surface area (Å²) in [5.41, 5.74) is 3.51. The van der Waals surface area contributed by atoms with Crippen molar-refractivity contribution in [2.24, 2.45) is 5.92 Å². The molecule has 4 unspecified atom stereocenters. The van der Waals surface area contributed by atoms with E-state index in [0.717, 1.165) is 19.3 Å². The van der Waals surface area contributed by atoms with Crippen LogP contribution in [0.4, 0.5) is 0 Å². The van der Waals surface area contributed by atoms with Gasteiger partial charge in [-0.3, -0.25) is 9.51 Å².